The van der Waals surface area contributed by atoms with Crippen molar-refractivity contribution in [3.8, 4) is 0 Å². The van der Waals surface area contributed by atoms with Crippen LogP contribution < -0.4 is 0 Å². The highest BCUT2D eigenvalue weighted by molar-refractivity contribution is 7.89. The van der Waals surface area contributed by atoms with Crippen molar-refractivity contribution in [2.24, 2.45) is 0 Å². The number of hydrogen-bond acceptors (Lipinski definition) is 3. The molecule has 0 radical (unpaired) electrons. The topological polar surface area (TPSA) is 57.7 Å². The molecule has 3 aromatic carbocycles. The van der Waals surface area contributed by atoms with E-state index in [0.29, 0.717) is 11.1 Å². The first kappa shape index (κ1) is 22.7. The highest BCUT2D eigenvalue weighted by atomic mass is 32.2. The Kier molecular flexibility index (Phi) is 6.62. The molecule has 0 saturated carbocycles. The van der Waals surface area contributed by atoms with Gasteiger partial charge in [0.2, 0.25) is 10.0 Å². The van der Waals surface area contributed by atoms with Gasteiger partial charge in [-0.05, 0) is 48.2 Å². The third kappa shape index (κ3) is 4.55. The van der Waals surface area contributed by atoms with Crippen molar-refractivity contribution in [2.75, 3.05) is 21.1 Å². The summed E-state index contributed by atoms with van der Waals surface area (Å²) in [5, 5.41) is 0. The summed E-state index contributed by atoms with van der Waals surface area (Å²) >= 11 is 0. The van der Waals surface area contributed by atoms with Gasteiger partial charge in [0.05, 0.1) is 10.9 Å². The summed E-state index contributed by atoms with van der Waals surface area (Å²) < 4.78 is 26.8. The maximum absolute atomic E-state index is 13.6. The minimum atomic E-state index is -3.67. The standard InChI is InChI=1S/C25H28N2O3S/c1-18-16-22(17-23(19(18)2)31(29,30)26(3)4)25(28)27(5)24(20-12-8-6-9-13-20)21-14-10-7-11-15-21/h6-17,24H,1-5H3. The van der Waals surface area contributed by atoms with E-state index in [1.165, 1.54) is 24.5 Å². The van der Waals surface area contributed by atoms with Gasteiger partial charge >= 0.3 is 0 Å². The molecule has 0 fully saturated rings. The van der Waals surface area contributed by atoms with Crippen molar-refractivity contribution in [3.05, 3.63) is 101 Å². The van der Waals surface area contributed by atoms with Gasteiger partial charge in [0.1, 0.15) is 0 Å². The maximum Gasteiger partial charge on any atom is 0.254 e. The first-order valence-corrected chi connectivity index (χ1v) is 11.5. The van der Waals surface area contributed by atoms with Crippen LogP contribution in [-0.4, -0.2) is 44.7 Å². The van der Waals surface area contributed by atoms with E-state index in [0.717, 1.165) is 16.7 Å². The van der Waals surface area contributed by atoms with Crippen LogP contribution in [-0.2, 0) is 10.0 Å². The Morgan fingerprint density at radius 2 is 1.29 bits per heavy atom. The molecule has 0 atom stereocenters. The molecule has 3 rings (SSSR count). The lowest BCUT2D eigenvalue weighted by Gasteiger charge is -2.30. The van der Waals surface area contributed by atoms with E-state index in [1.807, 2.05) is 67.6 Å². The first-order valence-electron chi connectivity index (χ1n) is 10.1. The van der Waals surface area contributed by atoms with Crippen molar-refractivity contribution in [1.82, 2.24) is 9.21 Å². The van der Waals surface area contributed by atoms with Gasteiger partial charge in [-0.1, -0.05) is 60.7 Å². The number of amides is 1. The fourth-order valence-corrected chi connectivity index (χ4v) is 4.86. The van der Waals surface area contributed by atoms with Gasteiger partial charge < -0.3 is 4.90 Å². The number of hydrogen-bond donors (Lipinski definition) is 0. The SMILES string of the molecule is Cc1cc(C(=O)N(C)C(c2ccccc2)c2ccccc2)cc(S(=O)(=O)N(C)C)c1C. The Labute approximate surface area is 185 Å². The number of aryl methyl sites for hydroxylation is 1. The summed E-state index contributed by atoms with van der Waals surface area (Å²) in [7, 11) is 1.06. The molecule has 31 heavy (non-hydrogen) atoms. The van der Waals surface area contributed by atoms with E-state index in [9.17, 15) is 13.2 Å². The van der Waals surface area contributed by atoms with Crippen LogP contribution in [0.5, 0.6) is 0 Å². The fourth-order valence-electron chi connectivity index (χ4n) is 3.65. The van der Waals surface area contributed by atoms with Crippen molar-refractivity contribution < 1.29 is 13.2 Å². The van der Waals surface area contributed by atoms with Crippen molar-refractivity contribution >= 4 is 15.9 Å². The van der Waals surface area contributed by atoms with Crippen molar-refractivity contribution in [1.29, 1.82) is 0 Å². The molecule has 0 N–H and O–H groups in total. The Bertz CT molecular complexity index is 1130. The van der Waals surface area contributed by atoms with E-state index in [4.69, 9.17) is 0 Å². The average Bonchev–Trinajstić information content (AvgIpc) is 2.76. The van der Waals surface area contributed by atoms with Gasteiger partial charge in [0, 0.05) is 26.7 Å². The van der Waals surface area contributed by atoms with Gasteiger partial charge in [-0.3, -0.25) is 4.79 Å². The van der Waals surface area contributed by atoms with Crippen LogP contribution >= 0.6 is 0 Å². The Morgan fingerprint density at radius 1 is 0.806 bits per heavy atom. The van der Waals surface area contributed by atoms with Gasteiger partial charge in [-0.25, -0.2) is 12.7 Å². The number of sulfonamides is 1. The second-order valence-corrected chi connectivity index (χ2v) is 9.96. The van der Waals surface area contributed by atoms with Crippen LogP contribution in [0.2, 0.25) is 0 Å². The molecule has 3 aromatic rings. The predicted octanol–water partition coefficient (Wildman–Crippen LogP) is 4.42. The Hall–Kier alpha value is -2.96. The second kappa shape index (κ2) is 9.04. The molecule has 0 aliphatic rings. The van der Waals surface area contributed by atoms with Gasteiger partial charge in [-0.2, -0.15) is 0 Å². The highest BCUT2D eigenvalue weighted by Crippen LogP contribution is 2.30. The largest absolute Gasteiger partial charge is 0.331 e. The zero-order chi connectivity index (χ0) is 22.8. The van der Waals surface area contributed by atoms with Gasteiger partial charge in [0.15, 0.2) is 0 Å². The molecule has 0 saturated heterocycles. The summed E-state index contributed by atoms with van der Waals surface area (Å²) in [6.07, 6.45) is 0. The van der Waals surface area contributed by atoms with Crippen LogP contribution in [0, 0.1) is 13.8 Å². The number of carbonyl (C=O) groups excluding carboxylic acids is 1. The molecule has 5 nitrogen and oxygen atoms in total. The third-order valence-corrected chi connectivity index (χ3v) is 7.50. The highest BCUT2D eigenvalue weighted by Gasteiger charge is 2.27. The smallest absolute Gasteiger partial charge is 0.254 e. The molecule has 0 aliphatic heterocycles. The lowest BCUT2D eigenvalue weighted by atomic mass is 9.96. The molecule has 6 heteroatoms. The molecular formula is C25H28N2O3S. The number of nitrogens with zero attached hydrogens (tertiary/aromatic N) is 2. The van der Waals surface area contributed by atoms with Gasteiger partial charge in [0.25, 0.3) is 5.91 Å². The fraction of sp³-hybridized carbons (Fsp3) is 0.240. The summed E-state index contributed by atoms with van der Waals surface area (Å²) in [5.74, 6) is -0.240. The lowest BCUT2D eigenvalue weighted by Crippen LogP contribution is -2.32. The minimum Gasteiger partial charge on any atom is -0.331 e. The van der Waals surface area contributed by atoms with E-state index < -0.39 is 10.0 Å². The third-order valence-electron chi connectivity index (χ3n) is 5.56. The Morgan fingerprint density at radius 3 is 1.74 bits per heavy atom. The molecule has 0 bridgehead atoms. The molecule has 0 aliphatic carbocycles. The molecule has 0 unspecified atom stereocenters. The summed E-state index contributed by atoms with van der Waals surface area (Å²) in [5.41, 5.74) is 3.72. The van der Waals surface area contributed by atoms with E-state index in [2.05, 4.69) is 0 Å². The monoisotopic (exact) mass is 436 g/mol. The molecule has 0 heterocycles. The minimum absolute atomic E-state index is 0.158. The summed E-state index contributed by atoms with van der Waals surface area (Å²) in [6, 6.07) is 22.6. The number of rotatable bonds is 6. The van der Waals surface area contributed by atoms with Crippen LogP contribution in [0.1, 0.15) is 38.7 Å². The van der Waals surface area contributed by atoms with Crippen molar-refractivity contribution in [2.45, 2.75) is 24.8 Å². The van der Waals surface area contributed by atoms with Crippen LogP contribution in [0.4, 0.5) is 0 Å². The molecule has 0 aromatic heterocycles. The van der Waals surface area contributed by atoms with E-state index >= 15 is 0 Å². The van der Waals surface area contributed by atoms with Crippen molar-refractivity contribution in [3.63, 3.8) is 0 Å². The predicted molar refractivity (Wildman–Crippen MR) is 124 cm³/mol. The summed E-state index contributed by atoms with van der Waals surface area (Å²) in [4.78, 5) is 15.4. The number of carbonyl (C=O) groups is 1. The zero-order valence-corrected chi connectivity index (χ0v) is 19.3. The normalized spacial score (nSPS) is 11.7. The molecule has 0 spiro atoms. The Balaban J connectivity index is 2.10. The summed E-state index contributed by atoms with van der Waals surface area (Å²) in [6.45, 7) is 3.59. The second-order valence-electron chi connectivity index (χ2n) is 7.84. The maximum atomic E-state index is 13.6. The molecular weight excluding hydrogens is 408 g/mol. The number of benzene rings is 3. The average molecular weight is 437 g/mol. The quantitative estimate of drug-likeness (QED) is 0.575. The molecule has 1 amide bonds. The van der Waals surface area contributed by atoms with Gasteiger partial charge in [-0.15, -0.1) is 0 Å². The van der Waals surface area contributed by atoms with E-state index in [1.54, 1.807) is 24.9 Å². The van der Waals surface area contributed by atoms with Crippen LogP contribution in [0.3, 0.4) is 0 Å². The molecule has 162 valence electrons. The zero-order valence-electron chi connectivity index (χ0n) is 18.5. The van der Waals surface area contributed by atoms with Crippen LogP contribution in [0.25, 0.3) is 0 Å². The van der Waals surface area contributed by atoms with E-state index in [-0.39, 0.29) is 16.8 Å². The van der Waals surface area contributed by atoms with Crippen LogP contribution in [0.15, 0.2) is 77.7 Å². The lowest BCUT2D eigenvalue weighted by molar-refractivity contribution is 0.0754. The first-order chi connectivity index (χ1) is 14.6.